The summed E-state index contributed by atoms with van der Waals surface area (Å²) in [7, 11) is 0. The second-order valence-corrected chi connectivity index (χ2v) is 5.95. The molecule has 2 aliphatic carbocycles. The standard InChI is InChI=1S/C14H25NO2/c1-2-11-5-3-6-12(9-11)17-13(16)10-14(15)7-4-8-14/h11-12H,2-10,15H2,1H3. The Morgan fingerprint density at radius 2 is 2.12 bits per heavy atom. The van der Waals surface area contributed by atoms with Gasteiger partial charge in [0.15, 0.2) is 0 Å². The first-order valence-corrected chi connectivity index (χ1v) is 7.10. The molecule has 2 N–H and O–H groups in total. The number of carbonyl (C=O) groups is 1. The number of ether oxygens (including phenoxy) is 1. The minimum Gasteiger partial charge on any atom is -0.462 e. The Balaban J connectivity index is 1.74. The fourth-order valence-corrected chi connectivity index (χ4v) is 3.04. The molecular weight excluding hydrogens is 214 g/mol. The van der Waals surface area contributed by atoms with Gasteiger partial charge in [-0.05, 0) is 44.4 Å². The third-order valence-corrected chi connectivity index (χ3v) is 4.46. The van der Waals surface area contributed by atoms with Crippen molar-refractivity contribution in [1.82, 2.24) is 0 Å². The van der Waals surface area contributed by atoms with Gasteiger partial charge in [0.05, 0.1) is 6.42 Å². The zero-order chi connectivity index (χ0) is 12.3. The third-order valence-electron chi connectivity index (χ3n) is 4.46. The van der Waals surface area contributed by atoms with E-state index in [1.165, 1.54) is 19.3 Å². The Kier molecular flexibility index (Phi) is 4.08. The Bertz CT molecular complexity index is 273. The summed E-state index contributed by atoms with van der Waals surface area (Å²) in [6.45, 7) is 2.22. The quantitative estimate of drug-likeness (QED) is 0.767. The normalized spacial score (nSPS) is 31.6. The lowest BCUT2D eigenvalue weighted by Gasteiger charge is -2.37. The molecule has 2 unspecified atom stereocenters. The second-order valence-electron chi connectivity index (χ2n) is 5.95. The lowest BCUT2D eigenvalue weighted by atomic mass is 9.75. The van der Waals surface area contributed by atoms with Crippen molar-refractivity contribution in [2.45, 2.75) is 76.4 Å². The van der Waals surface area contributed by atoms with Crippen molar-refractivity contribution in [3.8, 4) is 0 Å². The van der Waals surface area contributed by atoms with Gasteiger partial charge in [-0.15, -0.1) is 0 Å². The summed E-state index contributed by atoms with van der Waals surface area (Å²) < 4.78 is 5.58. The summed E-state index contributed by atoms with van der Waals surface area (Å²) in [5, 5.41) is 0. The van der Waals surface area contributed by atoms with Gasteiger partial charge in [0, 0.05) is 5.54 Å². The van der Waals surface area contributed by atoms with Crippen LogP contribution in [0.25, 0.3) is 0 Å². The number of nitrogens with two attached hydrogens (primary N) is 1. The van der Waals surface area contributed by atoms with Gasteiger partial charge in [0.1, 0.15) is 6.10 Å². The lowest BCUT2D eigenvalue weighted by molar-refractivity contribution is -0.153. The molecule has 2 atom stereocenters. The molecule has 0 radical (unpaired) electrons. The molecule has 2 rings (SSSR count). The highest BCUT2D eigenvalue weighted by atomic mass is 16.5. The smallest absolute Gasteiger partial charge is 0.307 e. The summed E-state index contributed by atoms with van der Waals surface area (Å²) in [6.07, 6.45) is 9.48. The van der Waals surface area contributed by atoms with E-state index in [1.54, 1.807) is 0 Å². The van der Waals surface area contributed by atoms with E-state index in [0.717, 1.165) is 38.0 Å². The molecule has 3 heteroatoms. The molecule has 3 nitrogen and oxygen atoms in total. The third kappa shape index (κ3) is 3.44. The number of hydrogen-bond acceptors (Lipinski definition) is 3. The molecule has 0 aromatic carbocycles. The van der Waals surface area contributed by atoms with Crippen LogP contribution in [0.3, 0.4) is 0 Å². The van der Waals surface area contributed by atoms with E-state index >= 15 is 0 Å². The Hall–Kier alpha value is -0.570. The summed E-state index contributed by atoms with van der Waals surface area (Å²) in [5.41, 5.74) is 5.82. The van der Waals surface area contributed by atoms with Gasteiger partial charge in [0.25, 0.3) is 0 Å². The monoisotopic (exact) mass is 239 g/mol. The molecule has 0 aromatic heterocycles. The number of rotatable bonds is 4. The summed E-state index contributed by atoms with van der Waals surface area (Å²) in [5.74, 6) is 0.672. The SMILES string of the molecule is CCC1CCCC(OC(=O)CC2(N)CCC2)C1. The van der Waals surface area contributed by atoms with E-state index in [9.17, 15) is 4.79 Å². The van der Waals surface area contributed by atoms with Crippen molar-refractivity contribution in [2.24, 2.45) is 11.7 Å². The number of carbonyl (C=O) groups excluding carboxylic acids is 1. The molecule has 2 aliphatic rings. The van der Waals surface area contributed by atoms with Crippen LogP contribution in [0.4, 0.5) is 0 Å². The average Bonchev–Trinajstić information content (AvgIpc) is 2.27. The van der Waals surface area contributed by atoms with Crippen LogP contribution in [0.1, 0.15) is 64.7 Å². The summed E-state index contributed by atoms with van der Waals surface area (Å²) in [6, 6.07) is 0. The van der Waals surface area contributed by atoms with Gasteiger partial charge in [-0.1, -0.05) is 19.8 Å². The van der Waals surface area contributed by atoms with Crippen LogP contribution in [-0.2, 0) is 9.53 Å². The lowest BCUT2D eigenvalue weighted by Crippen LogP contribution is -2.48. The minimum atomic E-state index is -0.240. The first kappa shape index (κ1) is 12.9. The van der Waals surface area contributed by atoms with Crippen molar-refractivity contribution < 1.29 is 9.53 Å². The van der Waals surface area contributed by atoms with Crippen LogP contribution < -0.4 is 5.73 Å². The highest BCUT2D eigenvalue weighted by Gasteiger charge is 2.36. The maximum atomic E-state index is 11.8. The maximum Gasteiger partial charge on any atom is 0.307 e. The fraction of sp³-hybridized carbons (Fsp3) is 0.929. The van der Waals surface area contributed by atoms with Crippen molar-refractivity contribution in [1.29, 1.82) is 0 Å². The van der Waals surface area contributed by atoms with E-state index in [-0.39, 0.29) is 17.6 Å². The van der Waals surface area contributed by atoms with E-state index in [4.69, 9.17) is 10.5 Å². The van der Waals surface area contributed by atoms with Crippen molar-refractivity contribution in [3.63, 3.8) is 0 Å². The molecule has 0 aliphatic heterocycles. The van der Waals surface area contributed by atoms with Crippen LogP contribution in [0, 0.1) is 5.92 Å². The largest absolute Gasteiger partial charge is 0.462 e. The predicted molar refractivity (Wildman–Crippen MR) is 67.5 cm³/mol. The summed E-state index contributed by atoms with van der Waals surface area (Å²) in [4.78, 5) is 11.8. The second kappa shape index (κ2) is 5.38. The fourth-order valence-electron chi connectivity index (χ4n) is 3.04. The van der Waals surface area contributed by atoms with E-state index in [1.807, 2.05) is 0 Å². The van der Waals surface area contributed by atoms with Gasteiger partial charge < -0.3 is 10.5 Å². The molecule has 2 saturated carbocycles. The molecule has 2 fully saturated rings. The molecule has 98 valence electrons. The Morgan fingerprint density at radius 3 is 2.71 bits per heavy atom. The highest BCUT2D eigenvalue weighted by Crippen LogP contribution is 2.33. The summed E-state index contributed by atoms with van der Waals surface area (Å²) >= 11 is 0. The van der Waals surface area contributed by atoms with Gasteiger partial charge in [-0.3, -0.25) is 4.79 Å². The Labute approximate surface area is 104 Å². The molecule has 0 heterocycles. The molecule has 0 amide bonds. The van der Waals surface area contributed by atoms with Crippen LogP contribution >= 0.6 is 0 Å². The molecule has 0 spiro atoms. The number of esters is 1. The van der Waals surface area contributed by atoms with Crippen LogP contribution in [0.5, 0.6) is 0 Å². The van der Waals surface area contributed by atoms with Crippen molar-refractivity contribution in [3.05, 3.63) is 0 Å². The molecular formula is C14H25NO2. The molecule has 0 aromatic rings. The van der Waals surface area contributed by atoms with Crippen molar-refractivity contribution >= 4 is 5.97 Å². The number of hydrogen-bond donors (Lipinski definition) is 1. The van der Waals surface area contributed by atoms with Gasteiger partial charge in [0.2, 0.25) is 0 Å². The topological polar surface area (TPSA) is 52.3 Å². The predicted octanol–water partition coefficient (Wildman–Crippen LogP) is 2.77. The first-order valence-electron chi connectivity index (χ1n) is 7.10. The van der Waals surface area contributed by atoms with E-state index < -0.39 is 0 Å². The van der Waals surface area contributed by atoms with E-state index in [0.29, 0.717) is 6.42 Å². The average molecular weight is 239 g/mol. The Morgan fingerprint density at radius 1 is 1.35 bits per heavy atom. The molecule has 17 heavy (non-hydrogen) atoms. The van der Waals surface area contributed by atoms with E-state index in [2.05, 4.69) is 6.92 Å². The van der Waals surface area contributed by atoms with Gasteiger partial charge in [-0.25, -0.2) is 0 Å². The first-order chi connectivity index (χ1) is 8.11. The van der Waals surface area contributed by atoms with Gasteiger partial charge >= 0.3 is 5.97 Å². The van der Waals surface area contributed by atoms with Crippen molar-refractivity contribution in [2.75, 3.05) is 0 Å². The minimum absolute atomic E-state index is 0.0750. The zero-order valence-corrected chi connectivity index (χ0v) is 10.9. The molecule has 0 bridgehead atoms. The maximum absolute atomic E-state index is 11.8. The molecule has 0 saturated heterocycles. The van der Waals surface area contributed by atoms with Gasteiger partial charge in [-0.2, -0.15) is 0 Å². The van der Waals surface area contributed by atoms with Crippen LogP contribution in [-0.4, -0.2) is 17.6 Å². The zero-order valence-electron chi connectivity index (χ0n) is 10.9. The van der Waals surface area contributed by atoms with Crippen LogP contribution in [0.2, 0.25) is 0 Å². The highest BCUT2D eigenvalue weighted by molar-refractivity contribution is 5.71. The van der Waals surface area contributed by atoms with Crippen LogP contribution in [0.15, 0.2) is 0 Å².